The summed E-state index contributed by atoms with van der Waals surface area (Å²) in [7, 11) is 0. The van der Waals surface area contributed by atoms with Crippen molar-refractivity contribution < 1.29 is 9.53 Å². The minimum absolute atomic E-state index is 0.274. The molecule has 0 atom stereocenters. The van der Waals surface area contributed by atoms with Crippen molar-refractivity contribution in [2.75, 3.05) is 0 Å². The van der Waals surface area contributed by atoms with Gasteiger partial charge in [0.25, 0.3) is 0 Å². The Kier molecular flexibility index (Phi) is 6.80. The number of carbonyl (C=O) groups excluding carboxylic acids is 1. The monoisotopic (exact) mass is 369 g/mol. The van der Waals surface area contributed by atoms with Gasteiger partial charge in [0.1, 0.15) is 10.4 Å². The van der Waals surface area contributed by atoms with Crippen LogP contribution >= 0.6 is 22.9 Å². The minimum Gasteiger partial charge on any atom is -0.444 e. The third kappa shape index (κ3) is 6.61. The summed E-state index contributed by atoms with van der Waals surface area (Å²) < 4.78 is 5.19. The number of halogens is 1. The second-order valence-electron chi connectivity index (χ2n) is 6.80. The van der Waals surface area contributed by atoms with Crippen LogP contribution in [0.1, 0.15) is 52.9 Å². The topological polar surface area (TPSA) is 64.1 Å². The molecular weight excluding hydrogens is 346 g/mol. The lowest BCUT2D eigenvalue weighted by atomic mass is 9.96. The summed E-state index contributed by atoms with van der Waals surface area (Å²) in [6.45, 7) is 5.65. The lowest BCUT2D eigenvalue weighted by Gasteiger charge is -2.25. The van der Waals surface area contributed by atoms with Crippen LogP contribution < -0.4 is 5.32 Å². The highest BCUT2D eigenvalue weighted by Crippen LogP contribution is 2.18. The van der Waals surface area contributed by atoms with Crippen LogP contribution in [0.4, 0.5) is 4.79 Å². The van der Waals surface area contributed by atoms with Crippen molar-refractivity contribution in [3.8, 4) is 0 Å². The fourth-order valence-corrected chi connectivity index (χ4v) is 3.38. The molecule has 3 rings (SSSR count). The maximum atomic E-state index is 11.4. The predicted octanol–water partition coefficient (Wildman–Crippen LogP) is 5.19. The highest BCUT2D eigenvalue weighted by Gasteiger charge is 2.20. The second kappa shape index (κ2) is 8.62. The molecule has 0 bridgehead atoms. The quantitative estimate of drug-likeness (QED) is 0.702. The van der Waals surface area contributed by atoms with E-state index in [0.29, 0.717) is 11.3 Å². The van der Waals surface area contributed by atoms with Gasteiger partial charge >= 0.3 is 6.09 Å². The van der Waals surface area contributed by atoms with E-state index in [1.54, 1.807) is 17.5 Å². The minimum atomic E-state index is -0.390. The SMILES string of the molecule is CC(C)(C)OC(=O)NC1CCCCC1.Clc1ncc2ccsc2n1. The van der Waals surface area contributed by atoms with Crippen molar-refractivity contribution in [1.29, 1.82) is 0 Å². The number of thiophene rings is 1. The van der Waals surface area contributed by atoms with Gasteiger partial charge in [0.2, 0.25) is 5.28 Å². The molecule has 0 aliphatic heterocycles. The largest absolute Gasteiger partial charge is 0.444 e. The Morgan fingerprint density at radius 1 is 1.33 bits per heavy atom. The molecule has 0 spiro atoms. The van der Waals surface area contributed by atoms with Gasteiger partial charge in [-0.2, -0.15) is 0 Å². The molecule has 1 aliphatic rings. The summed E-state index contributed by atoms with van der Waals surface area (Å²) in [4.78, 5) is 20.2. The zero-order valence-electron chi connectivity index (χ0n) is 14.3. The van der Waals surface area contributed by atoms with Gasteiger partial charge in [0, 0.05) is 17.6 Å². The molecule has 0 aromatic carbocycles. The molecular formula is C17H24ClN3O2S. The number of hydrogen-bond acceptors (Lipinski definition) is 5. The van der Waals surface area contributed by atoms with Crippen molar-refractivity contribution in [2.45, 2.75) is 64.5 Å². The number of rotatable bonds is 1. The fourth-order valence-electron chi connectivity index (χ4n) is 2.46. The van der Waals surface area contributed by atoms with Gasteiger partial charge in [0.15, 0.2) is 0 Å². The Hall–Kier alpha value is -1.40. The molecule has 1 aliphatic carbocycles. The van der Waals surface area contributed by atoms with Crippen LogP contribution in [0.2, 0.25) is 5.28 Å². The Morgan fingerprint density at radius 3 is 2.71 bits per heavy atom. The van der Waals surface area contributed by atoms with E-state index in [9.17, 15) is 4.79 Å². The van der Waals surface area contributed by atoms with Crippen LogP contribution in [0.5, 0.6) is 0 Å². The summed E-state index contributed by atoms with van der Waals surface area (Å²) in [5.74, 6) is 0. The van der Waals surface area contributed by atoms with Crippen LogP contribution in [0, 0.1) is 0 Å². The third-order valence-corrected chi connectivity index (χ3v) is 4.51. The van der Waals surface area contributed by atoms with Gasteiger partial charge in [-0.3, -0.25) is 0 Å². The van der Waals surface area contributed by atoms with Crippen molar-refractivity contribution in [2.24, 2.45) is 0 Å². The van der Waals surface area contributed by atoms with Crippen molar-refractivity contribution in [3.63, 3.8) is 0 Å². The van der Waals surface area contributed by atoms with Gasteiger partial charge in [0.05, 0.1) is 0 Å². The molecule has 2 heterocycles. The van der Waals surface area contributed by atoms with E-state index in [2.05, 4.69) is 15.3 Å². The van der Waals surface area contributed by atoms with Crippen LogP contribution in [0.3, 0.4) is 0 Å². The van der Waals surface area contributed by atoms with E-state index in [4.69, 9.17) is 16.3 Å². The number of carbonyl (C=O) groups is 1. The zero-order chi connectivity index (χ0) is 17.6. The smallest absolute Gasteiger partial charge is 0.407 e. The molecule has 0 unspecified atom stereocenters. The molecule has 7 heteroatoms. The van der Waals surface area contributed by atoms with Crippen LogP contribution in [-0.4, -0.2) is 27.7 Å². The number of aromatic nitrogens is 2. The third-order valence-electron chi connectivity index (χ3n) is 3.50. The zero-order valence-corrected chi connectivity index (χ0v) is 15.9. The van der Waals surface area contributed by atoms with Gasteiger partial charge < -0.3 is 10.1 Å². The van der Waals surface area contributed by atoms with E-state index < -0.39 is 5.60 Å². The lowest BCUT2D eigenvalue weighted by molar-refractivity contribution is 0.0493. The molecule has 2 aromatic rings. The first-order valence-electron chi connectivity index (χ1n) is 8.19. The number of nitrogens with zero attached hydrogens (tertiary/aromatic N) is 2. The lowest BCUT2D eigenvalue weighted by Crippen LogP contribution is -2.39. The first-order valence-corrected chi connectivity index (χ1v) is 9.44. The molecule has 1 amide bonds. The highest BCUT2D eigenvalue weighted by molar-refractivity contribution is 7.16. The van der Waals surface area contributed by atoms with Gasteiger partial charge in [-0.1, -0.05) is 19.3 Å². The number of nitrogens with one attached hydrogen (secondary N) is 1. The maximum absolute atomic E-state index is 11.4. The number of hydrogen-bond donors (Lipinski definition) is 1. The van der Waals surface area contributed by atoms with Crippen LogP contribution in [-0.2, 0) is 4.74 Å². The average Bonchev–Trinajstić information content (AvgIpc) is 2.94. The molecule has 0 saturated heterocycles. The van der Waals surface area contributed by atoms with E-state index >= 15 is 0 Å². The summed E-state index contributed by atoms with van der Waals surface area (Å²) in [6, 6.07) is 2.30. The predicted molar refractivity (Wildman–Crippen MR) is 98.7 cm³/mol. The molecule has 1 fully saturated rings. The first-order chi connectivity index (χ1) is 11.3. The summed E-state index contributed by atoms with van der Waals surface area (Å²) in [5, 5.41) is 6.25. The van der Waals surface area contributed by atoms with Crippen molar-refractivity contribution in [3.05, 3.63) is 22.9 Å². The Morgan fingerprint density at radius 2 is 2.04 bits per heavy atom. The van der Waals surface area contributed by atoms with Gasteiger partial charge in [-0.15, -0.1) is 11.3 Å². The van der Waals surface area contributed by atoms with Crippen molar-refractivity contribution >= 4 is 39.2 Å². The van der Waals surface area contributed by atoms with Gasteiger partial charge in [-0.25, -0.2) is 14.8 Å². The van der Waals surface area contributed by atoms with Crippen LogP contribution in [0.25, 0.3) is 10.2 Å². The Bertz CT molecular complexity index is 663. The van der Waals surface area contributed by atoms with Crippen molar-refractivity contribution in [1.82, 2.24) is 15.3 Å². The number of amides is 1. The normalized spacial score (nSPS) is 15.5. The van der Waals surface area contributed by atoms with Crippen LogP contribution in [0.15, 0.2) is 17.6 Å². The summed E-state index contributed by atoms with van der Waals surface area (Å²) in [5.41, 5.74) is -0.390. The molecule has 1 N–H and O–H groups in total. The van der Waals surface area contributed by atoms with E-state index in [1.807, 2.05) is 32.2 Å². The molecule has 0 radical (unpaired) electrons. The van der Waals surface area contributed by atoms with Gasteiger partial charge in [-0.05, 0) is 56.7 Å². The van der Waals surface area contributed by atoms with E-state index in [0.717, 1.165) is 23.1 Å². The second-order valence-corrected chi connectivity index (χ2v) is 8.03. The fraction of sp³-hybridized carbons (Fsp3) is 0.588. The first kappa shape index (κ1) is 18.9. The standard InChI is InChI=1S/C11H21NO2.C6H3ClN2S/c1-11(2,3)14-10(13)12-9-7-5-4-6-8-9;7-6-8-3-4-1-2-10-5(4)9-6/h9H,4-8H2,1-3H3,(H,12,13);1-3H. The highest BCUT2D eigenvalue weighted by atomic mass is 35.5. The van der Waals surface area contributed by atoms with E-state index in [-0.39, 0.29) is 6.09 Å². The molecule has 1 saturated carbocycles. The molecule has 132 valence electrons. The number of ether oxygens (including phenoxy) is 1. The van der Waals surface area contributed by atoms with E-state index in [1.165, 1.54) is 19.3 Å². The Balaban J connectivity index is 0.000000182. The average molecular weight is 370 g/mol. The Labute approximate surface area is 151 Å². The maximum Gasteiger partial charge on any atom is 0.407 e. The summed E-state index contributed by atoms with van der Waals surface area (Å²) in [6.07, 6.45) is 7.39. The summed E-state index contributed by atoms with van der Waals surface area (Å²) >= 11 is 7.13. The molecule has 2 aromatic heterocycles. The number of fused-ring (bicyclic) bond motifs is 1. The molecule has 24 heavy (non-hydrogen) atoms. The molecule has 5 nitrogen and oxygen atoms in total. The number of alkyl carbamates (subject to hydrolysis) is 1.